The van der Waals surface area contributed by atoms with Gasteiger partial charge in [-0.1, -0.05) is 18.2 Å². The van der Waals surface area contributed by atoms with Crippen molar-refractivity contribution in [1.29, 1.82) is 0 Å². The summed E-state index contributed by atoms with van der Waals surface area (Å²) in [5.74, 6) is 0.786. The van der Waals surface area contributed by atoms with Crippen molar-refractivity contribution < 1.29 is 9.21 Å². The van der Waals surface area contributed by atoms with Gasteiger partial charge in [-0.15, -0.1) is 0 Å². The van der Waals surface area contributed by atoms with Gasteiger partial charge in [0, 0.05) is 5.56 Å². The summed E-state index contributed by atoms with van der Waals surface area (Å²) in [5, 5.41) is 0. The second kappa shape index (κ2) is 3.46. The Morgan fingerprint density at radius 3 is 2.57 bits per heavy atom. The summed E-state index contributed by atoms with van der Waals surface area (Å²) in [6.45, 7) is 1.75. The topological polar surface area (TPSA) is 43.1 Å². The number of benzene rings is 1. The van der Waals surface area contributed by atoms with Crippen LogP contribution in [-0.4, -0.2) is 11.3 Å². The molecule has 0 aliphatic rings. The van der Waals surface area contributed by atoms with Gasteiger partial charge in [-0.3, -0.25) is 4.79 Å². The van der Waals surface area contributed by atoms with Crippen molar-refractivity contribution in [1.82, 2.24) is 4.98 Å². The van der Waals surface area contributed by atoms with E-state index < -0.39 is 0 Å². The Morgan fingerprint density at radius 2 is 2.00 bits per heavy atom. The molecular weight excluding hydrogens is 178 g/mol. The highest BCUT2D eigenvalue weighted by atomic mass is 16.4. The fourth-order valence-corrected chi connectivity index (χ4v) is 1.22. The number of aldehydes is 1. The molecule has 0 saturated carbocycles. The van der Waals surface area contributed by atoms with Gasteiger partial charge in [0.1, 0.15) is 0 Å². The fourth-order valence-electron chi connectivity index (χ4n) is 1.22. The Labute approximate surface area is 81.4 Å². The molecule has 0 amide bonds. The lowest BCUT2D eigenvalue weighted by molar-refractivity contribution is 0.110. The molecule has 0 aliphatic heterocycles. The predicted octanol–water partition coefficient (Wildman–Crippen LogP) is 2.46. The van der Waals surface area contributed by atoms with Crippen molar-refractivity contribution in [3.05, 3.63) is 41.8 Å². The van der Waals surface area contributed by atoms with Crippen LogP contribution in [0.3, 0.4) is 0 Å². The summed E-state index contributed by atoms with van der Waals surface area (Å²) in [6, 6.07) is 9.49. The zero-order valence-corrected chi connectivity index (χ0v) is 7.73. The van der Waals surface area contributed by atoms with E-state index in [9.17, 15) is 4.79 Å². The Balaban J connectivity index is 2.48. The first kappa shape index (κ1) is 8.69. The van der Waals surface area contributed by atoms with Gasteiger partial charge >= 0.3 is 0 Å². The maximum absolute atomic E-state index is 10.5. The van der Waals surface area contributed by atoms with E-state index in [4.69, 9.17) is 4.42 Å². The molecule has 3 heteroatoms. The molecule has 1 heterocycles. The molecule has 2 rings (SSSR count). The molecule has 0 radical (unpaired) electrons. The summed E-state index contributed by atoms with van der Waals surface area (Å²) < 4.78 is 5.27. The Kier molecular flexibility index (Phi) is 2.14. The van der Waals surface area contributed by atoms with Crippen LogP contribution < -0.4 is 0 Å². The summed E-state index contributed by atoms with van der Waals surface area (Å²) in [7, 11) is 0. The molecule has 1 aromatic heterocycles. The van der Waals surface area contributed by atoms with Gasteiger partial charge in [0.15, 0.2) is 12.0 Å². The first-order valence-electron chi connectivity index (χ1n) is 4.29. The van der Waals surface area contributed by atoms with Crippen LogP contribution in [0.15, 0.2) is 34.7 Å². The maximum atomic E-state index is 10.5. The second-order valence-electron chi connectivity index (χ2n) is 2.95. The maximum Gasteiger partial charge on any atom is 0.227 e. The third-order valence-corrected chi connectivity index (χ3v) is 1.96. The van der Waals surface area contributed by atoms with Crippen LogP contribution in [0.1, 0.15) is 16.2 Å². The van der Waals surface area contributed by atoms with Crippen LogP contribution in [0.5, 0.6) is 0 Å². The average molecular weight is 187 g/mol. The zero-order valence-electron chi connectivity index (χ0n) is 7.73. The minimum atomic E-state index is 0.295. The highest BCUT2D eigenvalue weighted by molar-refractivity contribution is 5.73. The van der Waals surface area contributed by atoms with Crippen molar-refractivity contribution in [2.75, 3.05) is 0 Å². The number of hydrogen-bond donors (Lipinski definition) is 0. The number of rotatable bonds is 2. The second-order valence-corrected chi connectivity index (χ2v) is 2.95. The van der Waals surface area contributed by atoms with E-state index in [0.717, 1.165) is 5.56 Å². The molecular formula is C11H9NO2. The minimum Gasteiger partial charge on any atom is -0.433 e. The molecule has 2 aromatic rings. The molecule has 1 aromatic carbocycles. The number of hydrogen-bond acceptors (Lipinski definition) is 3. The third-order valence-electron chi connectivity index (χ3n) is 1.96. The van der Waals surface area contributed by atoms with Gasteiger partial charge in [0.05, 0.1) is 5.69 Å². The number of carbonyl (C=O) groups is 1. The average Bonchev–Trinajstić information content (AvgIpc) is 2.61. The van der Waals surface area contributed by atoms with Crippen molar-refractivity contribution in [3.8, 4) is 11.5 Å². The first-order chi connectivity index (χ1) is 6.81. The molecule has 0 N–H and O–H groups in total. The molecule has 0 atom stereocenters. The predicted molar refractivity (Wildman–Crippen MR) is 52.1 cm³/mol. The molecule has 3 nitrogen and oxygen atoms in total. The van der Waals surface area contributed by atoms with Crippen LogP contribution >= 0.6 is 0 Å². The number of carbonyl (C=O) groups excluding carboxylic acids is 1. The molecule has 0 spiro atoms. The summed E-state index contributed by atoms with van der Waals surface area (Å²) >= 11 is 0. The normalized spacial score (nSPS) is 10.1. The smallest absolute Gasteiger partial charge is 0.227 e. The highest BCUT2D eigenvalue weighted by Crippen LogP contribution is 2.20. The highest BCUT2D eigenvalue weighted by Gasteiger charge is 2.09. The number of nitrogens with zero attached hydrogens (tertiary/aromatic N) is 1. The van der Waals surface area contributed by atoms with Crippen molar-refractivity contribution in [3.63, 3.8) is 0 Å². The van der Waals surface area contributed by atoms with E-state index in [0.29, 0.717) is 23.6 Å². The zero-order chi connectivity index (χ0) is 9.97. The van der Waals surface area contributed by atoms with Crippen LogP contribution in [0.2, 0.25) is 0 Å². The molecule has 0 bridgehead atoms. The van der Waals surface area contributed by atoms with Crippen LogP contribution in [0.4, 0.5) is 0 Å². The number of aromatic nitrogens is 1. The summed E-state index contributed by atoms with van der Waals surface area (Å²) in [4.78, 5) is 14.7. The standard InChI is InChI=1S/C11H9NO2/c1-8-10(7-13)14-11(12-8)9-5-3-2-4-6-9/h2-7H,1H3. The summed E-state index contributed by atoms with van der Waals surface area (Å²) in [5.41, 5.74) is 1.50. The van der Waals surface area contributed by atoms with E-state index in [-0.39, 0.29) is 0 Å². The Hall–Kier alpha value is -1.90. The van der Waals surface area contributed by atoms with Crippen molar-refractivity contribution in [2.24, 2.45) is 0 Å². The quantitative estimate of drug-likeness (QED) is 0.678. The largest absolute Gasteiger partial charge is 0.433 e. The molecule has 14 heavy (non-hydrogen) atoms. The monoisotopic (exact) mass is 187 g/mol. The van der Waals surface area contributed by atoms with E-state index >= 15 is 0 Å². The SMILES string of the molecule is Cc1nc(-c2ccccc2)oc1C=O. The Morgan fingerprint density at radius 1 is 1.29 bits per heavy atom. The van der Waals surface area contributed by atoms with Crippen molar-refractivity contribution >= 4 is 6.29 Å². The van der Waals surface area contributed by atoms with Gasteiger partial charge in [0.2, 0.25) is 5.89 Å². The van der Waals surface area contributed by atoms with Crippen LogP contribution in [0, 0.1) is 6.92 Å². The van der Waals surface area contributed by atoms with Gasteiger partial charge in [-0.05, 0) is 19.1 Å². The van der Waals surface area contributed by atoms with Crippen molar-refractivity contribution in [2.45, 2.75) is 6.92 Å². The van der Waals surface area contributed by atoms with Gasteiger partial charge in [-0.2, -0.15) is 0 Å². The van der Waals surface area contributed by atoms with Crippen LogP contribution in [0.25, 0.3) is 11.5 Å². The summed E-state index contributed by atoms with van der Waals surface area (Å²) in [6.07, 6.45) is 0.675. The van der Waals surface area contributed by atoms with E-state index in [1.807, 2.05) is 30.3 Å². The lowest BCUT2D eigenvalue weighted by atomic mass is 10.2. The molecule has 0 saturated heterocycles. The van der Waals surface area contributed by atoms with E-state index in [1.54, 1.807) is 6.92 Å². The van der Waals surface area contributed by atoms with Gasteiger partial charge in [0.25, 0.3) is 0 Å². The van der Waals surface area contributed by atoms with E-state index in [2.05, 4.69) is 4.98 Å². The van der Waals surface area contributed by atoms with Crippen LogP contribution in [-0.2, 0) is 0 Å². The molecule has 70 valence electrons. The third kappa shape index (κ3) is 1.44. The molecule has 0 fully saturated rings. The lowest BCUT2D eigenvalue weighted by Gasteiger charge is -1.91. The minimum absolute atomic E-state index is 0.295. The number of oxazole rings is 1. The fraction of sp³-hybridized carbons (Fsp3) is 0.0909. The first-order valence-corrected chi connectivity index (χ1v) is 4.29. The van der Waals surface area contributed by atoms with Gasteiger partial charge < -0.3 is 4.42 Å². The molecule has 0 unspecified atom stereocenters. The Bertz CT molecular complexity index is 446. The molecule has 0 aliphatic carbocycles. The van der Waals surface area contributed by atoms with Gasteiger partial charge in [-0.25, -0.2) is 4.98 Å². The van der Waals surface area contributed by atoms with E-state index in [1.165, 1.54) is 0 Å². The lowest BCUT2D eigenvalue weighted by Crippen LogP contribution is -1.78. The number of aryl methyl sites for hydroxylation is 1.